The molecule has 0 aliphatic rings. The standard InChI is InChI=1S/C17H19N5O/c1-3-4-9-22(2)16(23)14-11-19-17(20-12-14)21-15-8-6-5-7-13(15)10-18/h5-8,11-12H,3-4,9H2,1-2H3,(H,19,20,21). The van der Waals surface area contributed by atoms with Crippen LogP contribution in [-0.4, -0.2) is 34.4 Å². The van der Waals surface area contributed by atoms with Crippen molar-refractivity contribution in [1.82, 2.24) is 14.9 Å². The number of nitrogens with one attached hydrogen (secondary N) is 1. The van der Waals surface area contributed by atoms with Gasteiger partial charge in [-0.1, -0.05) is 25.5 Å². The number of anilines is 2. The number of rotatable bonds is 6. The first-order chi connectivity index (χ1) is 11.2. The van der Waals surface area contributed by atoms with Crippen molar-refractivity contribution in [2.75, 3.05) is 18.9 Å². The second-order valence-electron chi connectivity index (χ2n) is 5.16. The Morgan fingerprint density at radius 2 is 2.00 bits per heavy atom. The van der Waals surface area contributed by atoms with Gasteiger partial charge in [0.25, 0.3) is 5.91 Å². The molecule has 2 aromatic rings. The van der Waals surface area contributed by atoms with E-state index >= 15 is 0 Å². The van der Waals surface area contributed by atoms with Crippen molar-refractivity contribution in [2.45, 2.75) is 19.8 Å². The van der Waals surface area contributed by atoms with E-state index in [9.17, 15) is 4.79 Å². The summed E-state index contributed by atoms with van der Waals surface area (Å²) in [7, 11) is 1.77. The zero-order valence-electron chi connectivity index (χ0n) is 13.3. The zero-order chi connectivity index (χ0) is 16.7. The second-order valence-corrected chi connectivity index (χ2v) is 5.16. The Morgan fingerprint density at radius 1 is 1.30 bits per heavy atom. The van der Waals surface area contributed by atoms with Crippen LogP contribution in [0.25, 0.3) is 0 Å². The van der Waals surface area contributed by atoms with E-state index < -0.39 is 0 Å². The van der Waals surface area contributed by atoms with Crippen molar-refractivity contribution in [3.63, 3.8) is 0 Å². The van der Waals surface area contributed by atoms with Crippen molar-refractivity contribution < 1.29 is 4.79 Å². The molecule has 0 saturated heterocycles. The number of benzene rings is 1. The van der Waals surface area contributed by atoms with Gasteiger partial charge in [-0.15, -0.1) is 0 Å². The highest BCUT2D eigenvalue weighted by molar-refractivity contribution is 5.93. The lowest BCUT2D eigenvalue weighted by atomic mass is 10.2. The van der Waals surface area contributed by atoms with E-state index in [1.807, 2.05) is 6.07 Å². The maximum atomic E-state index is 12.2. The minimum Gasteiger partial charge on any atom is -0.342 e. The number of hydrogen-bond donors (Lipinski definition) is 1. The highest BCUT2D eigenvalue weighted by atomic mass is 16.2. The normalized spacial score (nSPS) is 9.96. The molecule has 0 radical (unpaired) electrons. The Morgan fingerprint density at radius 3 is 2.65 bits per heavy atom. The number of nitrogens with zero attached hydrogens (tertiary/aromatic N) is 4. The number of para-hydroxylation sites is 1. The summed E-state index contributed by atoms with van der Waals surface area (Å²) in [4.78, 5) is 22.2. The van der Waals surface area contributed by atoms with Crippen molar-refractivity contribution in [1.29, 1.82) is 5.26 Å². The van der Waals surface area contributed by atoms with E-state index in [0.717, 1.165) is 12.8 Å². The first kappa shape index (κ1) is 16.4. The summed E-state index contributed by atoms with van der Waals surface area (Å²) >= 11 is 0. The van der Waals surface area contributed by atoms with Crippen molar-refractivity contribution in [3.8, 4) is 6.07 Å². The number of carbonyl (C=O) groups excluding carboxylic acids is 1. The van der Waals surface area contributed by atoms with Gasteiger partial charge in [0.05, 0.1) is 16.8 Å². The number of amides is 1. The number of unbranched alkanes of at least 4 members (excludes halogenated alkanes) is 1. The van der Waals surface area contributed by atoms with Crippen LogP contribution in [0.1, 0.15) is 35.7 Å². The molecule has 0 saturated carbocycles. The maximum absolute atomic E-state index is 12.2. The summed E-state index contributed by atoms with van der Waals surface area (Å²) in [6.07, 6.45) is 4.99. The molecule has 0 unspecified atom stereocenters. The minimum absolute atomic E-state index is 0.0950. The maximum Gasteiger partial charge on any atom is 0.256 e. The fourth-order valence-corrected chi connectivity index (χ4v) is 2.03. The Balaban J connectivity index is 2.08. The molecule has 1 aromatic heterocycles. The molecule has 1 N–H and O–H groups in total. The summed E-state index contributed by atoms with van der Waals surface area (Å²) < 4.78 is 0. The Bertz CT molecular complexity index is 706. The van der Waals surface area contributed by atoms with Gasteiger partial charge in [0, 0.05) is 26.0 Å². The fraction of sp³-hybridized carbons (Fsp3) is 0.294. The molecule has 1 heterocycles. The van der Waals surface area contributed by atoms with E-state index in [4.69, 9.17) is 5.26 Å². The molecule has 0 aliphatic carbocycles. The van der Waals surface area contributed by atoms with Crippen molar-refractivity contribution in [2.24, 2.45) is 0 Å². The predicted molar refractivity (Wildman–Crippen MR) is 88.3 cm³/mol. The SMILES string of the molecule is CCCCN(C)C(=O)c1cnc(Nc2ccccc2C#N)nc1. The monoisotopic (exact) mass is 309 g/mol. The molecule has 1 aromatic carbocycles. The predicted octanol–water partition coefficient (Wildman–Crippen LogP) is 2.96. The third-order valence-electron chi connectivity index (χ3n) is 3.39. The molecule has 6 nitrogen and oxygen atoms in total. The van der Waals surface area contributed by atoms with Crippen LogP contribution in [0.15, 0.2) is 36.7 Å². The Hall–Kier alpha value is -2.94. The lowest BCUT2D eigenvalue weighted by molar-refractivity contribution is 0.0792. The molecule has 0 spiro atoms. The van der Waals surface area contributed by atoms with E-state index in [1.165, 1.54) is 12.4 Å². The largest absolute Gasteiger partial charge is 0.342 e. The van der Waals surface area contributed by atoms with E-state index in [1.54, 1.807) is 30.1 Å². The fourth-order valence-electron chi connectivity index (χ4n) is 2.03. The number of hydrogen-bond acceptors (Lipinski definition) is 5. The molecular formula is C17H19N5O. The van der Waals surface area contributed by atoms with Gasteiger partial charge in [-0.25, -0.2) is 9.97 Å². The Kier molecular flexibility index (Phi) is 5.64. The molecule has 23 heavy (non-hydrogen) atoms. The van der Waals surface area contributed by atoms with E-state index in [0.29, 0.717) is 29.3 Å². The first-order valence-electron chi connectivity index (χ1n) is 7.49. The van der Waals surface area contributed by atoms with Crippen molar-refractivity contribution in [3.05, 3.63) is 47.8 Å². The molecule has 0 fully saturated rings. The summed E-state index contributed by atoms with van der Waals surface area (Å²) in [5, 5.41) is 12.0. The smallest absolute Gasteiger partial charge is 0.256 e. The van der Waals surface area contributed by atoms with E-state index in [-0.39, 0.29) is 5.91 Å². The van der Waals surface area contributed by atoms with Gasteiger partial charge < -0.3 is 10.2 Å². The van der Waals surface area contributed by atoms with Gasteiger partial charge in [0.2, 0.25) is 5.95 Å². The van der Waals surface area contributed by atoms with Gasteiger partial charge in [0.1, 0.15) is 6.07 Å². The summed E-state index contributed by atoms with van der Waals surface area (Å²) in [6, 6.07) is 9.20. The third kappa shape index (κ3) is 4.27. The van der Waals surface area contributed by atoms with Crippen LogP contribution in [0.4, 0.5) is 11.6 Å². The van der Waals surface area contributed by atoms with Crippen LogP contribution >= 0.6 is 0 Å². The summed E-state index contributed by atoms with van der Waals surface area (Å²) in [6.45, 7) is 2.80. The summed E-state index contributed by atoms with van der Waals surface area (Å²) in [5.41, 5.74) is 1.59. The van der Waals surface area contributed by atoms with Gasteiger partial charge >= 0.3 is 0 Å². The Labute approximate surface area is 135 Å². The molecule has 118 valence electrons. The zero-order valence-corrected chi connectivity index (χ0v) is 13.3. The molecule has 0 aliphatic heterocycles. The average molecular weight is 309 g/mol. The molecule has 0 atom stereocenters. The van der Waals surface area contributed by atoms with Crippen LogP contribution in [0.3, 0.4) is 0 Å². The topological polar surface area (TPSA) is 81.9 Å². The molecule has 6 heteroatoms. The van der Waals surface area contributed by atoms with Crippen LogP contribution in [0, 0.1) is 11.3 Å². The second kappa shape index (κ2) is 7.90. The van der Waals surface area contributed by atoms with Crippen LogP contribution in [-0.2, 0) is 0 Å². The van der Waals surface area contributed by atoms with Gasteiger partial charge in [-0.05, 0) is 18.6 Å². The number of carbonyl (C=O) groups is 1. The van der Waals surface area contributed by atoms with E-state index in [2.05, 4.69) is 28.3 Å². The van der Waals surface area contributed by atoms with Crippen LogP contribution in [0.2, 0.25) is 0 Å². The highest BCUT2D eigenvalue weighted by Gasteiger charge is 2.12. The van der Waals surface area contributed by atoms with Crippen LogP contribution in [0.5, 0.6) is 0 Å². The minimum atomic E-state index is -0.0950. The molecule has 1 amide bonds. The van der Waals surface area contributed by atoms with Gasteiger partial charge in [-0.2, -0.15) is 5.26 Å². The van der Waals surface area contributed by atoms with Gasteiger partial charge in [0.15, 0.2) is 0 Å². The van der Waals surface area contributed by atoms with Crippen LogP contribution < -0.4 is 5.32 Å². The lowest BCUT2D eigenvalue weighted by Crippen LogP contribution is -2.27. The molecule has 2 rings (SSSR count). The molecular weight excluding hydrogens is 290 g/mol. The average Bonchev–Trinajstić information content (AvgIpc) is 2.60. The summed E-state index contributed by atoms with van der Waals surface area (Å²) in [5.74, 6) is 0.253. The third-order valence-corrected chi connectivity index (χ3v) is 3.39. The highest BCUT2D eigenvalue weighted by Crippen LogP contribution is 2.17. The first-order valence-corrected chi connectivity index (χ1v) is 7.49. The number of nitriles is 1. The van der Waals surface area contributed by atoms with Gasteiger partial charge in [-0.3, -0.25) is 4.79 Å². The molecule has 0 bridgehead atoms. The quantitative estimate of drug-likeness (QED) is 0.887. The van der Waals surface area contributed by atoms with Crippen molar-refractivity contribution >= 4 is 17.5 Å². The number of aromatic nitrogens is 2. The lowest BCUT2D eigenvalue weighted by Gasteiger charge is -2.16.